The molecule has 2 rings (SSSR count). The molecule has 0 spiro atoms. The Bertz CT molecular complexity index is 540. The van der Waals surface area contributed by atoms with Gasteiger partial charge in [0.15, 0.2) is 0 Å². The number of hydrogen-bond donors (Lipinski definition) is 2. The molecule has 1 aromatic heterocycles. The molecule has 0 fully saturated rings. The van der Waals surface area contributed by atoms with Gasteiger partial charge in [0, 0.05) is 23.1 Å². The maximum absolute atomic E-state index is 13.5. The lowest BCUT2D eigenvalue weighted by atomic mass is 10.0. The fourth-order valence-electron chi connectivity index (χ4n) is 1.79. The second-order valence-electron chi connectivity index (χ2n) is 4.59. The van der Waals surface area contributed by atoms with Crippen LogP contribution in [0.2, 0.25) is 0 Å². The second-order valence-corrected chi connectivity index (χ2v) is 5.51. The highest BCUT2D eigenvalue weighted by molar-refractivity contribution is 9.10. The van der Waals surface area contributed by atoms with Crippen LogP contribution in [-0.4, -0.2) is 11.7 Å². The Morgan fingerprint density at radius 2 is 2.21 bits per heavy atom. The van der Waals surface area contributed by atoms with E-state index in [0.717, 1.165) is 4.47 Å². The van der Waals surface area contributed by atoms with Crippen molar-refractivity contribution in [3.63, 3.8) is 0 Å². The van der Waals surface area contributed by atoms with E-state index in [2.05, 4.69) is 21.2 Å². The lowest BCUT2D eigenvalue weighted by Crippen LogP contribution is -2.34. The predicted octanol–water partition coefficient (Wildman–Crippen LogP) is 3.18. The molecule has 0 amide bonds. The molecule has 1 atom stereocenters. The Kier molecular flexibility index (Phi) is 4.39. The number of halogens is 2. The van der Waals surface area contributed by atoms with E-state index in [0.29, 0.717) is 17.9 Å². The van der Waals surface area contributed by atoms with Crippen molar-refractivity contribution in [2.45, 2.75) is 19.1 Å². The van der Waals surface area contributed by atoms with Gasteiger partial charge >= 0.3 is 0 Å². The number of benzene rings is 1. The van der Waals surface area contributed by atoms with Gasteiger partial charge in [0.25, 0.3) is 0 Å². The summed E-state index contributed by atoms with van der Waals surface area (Å²) >= 11 is 3.30. The lowest BCUT2D eigenvalue weighted by Gasteiger charge is -2.21. The Hall–Kier alpha value is -1.17. The van der Waals surface area contributed by atoms with Crippen LogP contribution in [0.15, 0.2) is 45.5 Å². The normalized spacial score (nSPS) is 14.3. The average molecular weight is 328 g/mol. The van der Waals surface area contributed by atoms with Gasteiger partial charge in [0.2, 0.25) is 0 Å². The SMILES string of the molecule is CC(O)(CNCc1cc(Br)ccc1F)c1ccco1. The zero-order chi connectivity index (χ0) is 13.9. The summed E-state index contributed by atoms with van der Waals surface area (Å²) in [6, 6.07) is 8.20. The maximum atomic E-state index is 13.5. The van der Waals surface area contributed by atoms with Crippen LogP contribution >= 0.6 is 15.9 Å². The van der Waals surface area contributed by atoms with Gasteiger partial charge in [-0.15, -0.1) is 0 Å². The molecule has 0 saturated carbocycles. The van der Waals surface area contributed by atoms with Gasteiger partial charge in [-0.05, 0) is 37.3 Å². The van der Waals surface area contributed by atoms with E-state index in [4.69, 9.17) is 4.42 Å². The van der Waals surface area contributed by atoms with Crippen LogP contribution in [0.4, 0.5) is 4.39 Å². The predicted molar refractivity (Wildman–Crippen MR) is 74.1 cm³/mol. The van der Waals surface area contributed by atoms with Crippen LogP contribution in [0.3, 0.4) is 0 Å². The molecular weight excluding hydrogens is 313 g/mol. The summed E-state index contributed by atoms with van der Waals surface area (Å²) in [4.78, 5) is 0. The van der Waals surface area contributed by atoms with Crippen molar-refractivity contribution in [1.29, 1.82) is 0 Å². The van der Waals surface area contributed by atoms with E-state index < -0.39 is 5.60 Å². The van der Waals surface area contributed by atoms with E-state index in [-0.39, 0.29) is 12.4 Å². The van der Waals surface area contributed by atoms with Gasteiger partial charge < -0.3 is 14.8 Å². The Morgan fingerprint density at radius 3 is 2.89 bits per heavy atom. The summed E-state index contributed by atoms with van der Waals surface area (Å²) in [5.74, 6) is 0.211. The molecule has 5 heteroatoms. The summed E-state index contributed by atoms with van der Waals surface area (Å²) in [6.07, 6.45) is 1.51. The third-order valence-electron chi connectivity index (χ3n) is 2.84. The van der Waals surface area contributed by atoms with Gasteiger partial charge in [-0.3, -0.25) is 0 Å². The molecule has 0 radical (unpaired) electrons. The highest BCUT2D eigenvalue weighted by atomic mass is 79.9. The number of furan rings is 1. The molecule has 1 unspecified atom stereocenters. The summed E-state index contributed by atoms with van der Waals surface area (Å²) in [7, 11) is 0. The molecule has 2 aromatic rings. The third kappa shape index (κ3) is 3.65. The molecule has 0 aliphatic heterocycles. The number of aliphatic hydroxyl groups is 1. The zero-order valence-electron chi connectivity index (χ0n) is 10.5. The minimum Gasteiger partial charge on any atom is -0.466 e. The number of nitrogens with one attached hydrogen (secondary N) is 1. The topological polar surface area (TPSA) is 45.4 Å². The largest absolute Gasteiger partial charge is 0.466 e. The fraction of sp³-hybridized carbons (Fsp3) is 0.286. The molecule has 0 bridgehead atoms. The van der Waals surface area contributed by atoms with Gasteiger partial charge in [0.05, 0.1) is 6.26 Å². The fourth-order valence-corrected chi connectivity index (χ4v) is 2.20. The number of rotatable bonds is 5. The summed E-state index contributed by atoms with van der Waals surface area (Å²) in [5, 5.41) is 13.2. The van der Waals surface area contributed by atoms with E-state index in [1.54, 1.807) is 31.2 Å². The third-order valence-corrected chi connectivity index (χ3v) is 3.34. The van der Waals surface area contributed by atoms with Crippen LogP contribution in [0.1, 0.15) is 18.2 Å². The van der Waals surface area contributed by atoms with E-state index in [1.807, 2.05) is 0 Å². The van der Waals surface area contributed by atoms with Gasteiger partial charge in [0.1, 0.15) is 17.2 Å². The van der Waals surface area contributed by atoms with Gasteiger partial charge in [-0.25, -0.2) is 4.39 Å². The van der Waals surface area contributed by atoms with Crippen LogP contribution in [-0.2, 0) is 12.1 Å². The summed E-state index contributed by atoms with van der Waals surface area (Å²) < 4.78 is 19.5. The Morgan fingerprint density at radius 1 is 1.42 bits per heavy atom. The first-order valence-electron chi connectivity index (χ1n) is 5.90. The zero-order valence-corrected chi connectivity index (χ0v) is 12.1. The van der Waals surface area contributed by atoms with Crippen LogP contribution < -0.4 is 5.32 Å². The first kappa shape index (κ1) is 14.2. The lowest BCUT2D eigenvalue weighted by molar-refractivity contribution is 0.0340. The van der Waals surface area contributed by atoms with Crippen molar-refractivity contribution in [3.05, 3.63) is 58.2 Å². The molecule has 2 N–H and O–H groups in total. The van der Waals surface area contributed by atoms with Crippen molar-refractivity contribution in [1.82, 2.24) is 5.32 Å². The smallest absolute Gasteiger partial charge is 0.136 e. The molecular formula is C14H15BrFNO2. The molecule has 0 saturated heterocycles. The minimum absolute atomic E-state index is 0.270. The van der Waals surface area contributed by atoms with Crippen molar-refractivity contribution >= 4 is 15.9 Å². The van der Waals surface area contributed by atoms with Crippen LogP contribution in [0.25, 0.3) is 0 Å². The van der Waals surface area contributed by atoms with Gasteiger partial charge in [-0.2, -0.15) is 0 Å². The van der Waals surface area contributed by atoms with Crippen LogP contribution in [0.5, 0.6) is 0 Å². The first-order chi connectivity index (χ1) is 8.99. The summed E-state index contributed by atoms with van der Waals surface area (Å²) in [5.41, 5.74) is -0.573. The van der Waals surface area contributed by atoms with Gasteiger partial charge in [-0.1, -0.05) is 15.9 Å². The second kappa shape index (κ2) is 5.86. The van der Waals surface area contributed by atoms with E-state index in [1.165, 1.54) is 12.3 Å². The highest BCUT2D eigenvalue weighted by Gasteiger charge is 2.25. The van der Waals surface area contributed by atoms with E-state index >= 15 is 0 Å². The molecule has 3 nitrogen and oxygen atoms in total. The summed E-state index contributed by atoms with van der Waals surface area (Å²) in [6.45, 7) is 2.25. The molecule has 19 heavy (non-hydrogen) atoms. The highest BCUT2D eigenvalue weighted by Crippen LogP contribution is 2.20. The Labute approximate surface area is 119 Å². The molecule has 102 valence electrons. The molecule has 0 aliphatic carbocycles. The van der Waals surface area contributed by atoms with Crippen molar-refractivity contribution < 1.29 is 13.9 Å². The van der Waals surface area contributed by atoms with Crippen molar-refractivity contribution in [2.75, 3.05) is 6.54 Å². The van der Waals surface area contributed by atoms with E-state index in [9.17, 15) is 9.50 Å². The average Bonchev–Trinajstić information content (AvgIpc) is 2.88. The number of hydrogen-bond acceptors (Lipinski definition) is 3. The monoisotopic (exact) mass is 327 g/mol. The molecule has 1 heterocycles. The standard InChI is InChI=1S/C14H15BrFNO2/c1-14(18,13-3-2-6-19-13)9-17-8-10-7-11(15)4-5-12(10)16/h2-7,17-18H,8-9H2,1H3. The molecule has 0 aliphatic rings. The van der Waals surface area contributed by atoms with Crippen molar-refractivity contribution in [3.8, 4) is 0 Å². The Balaban J connectivity index is 1.95. The maximum Gasteiger partial charge on any atom is 0.136 e. The quantitative estimate of drug-likeness (QED) is 0.886. The van der Waals surface area contributed by atoms with Crippen LogP contribution in [0, 0.1) is 5.82 Å². The molecule has 1 aromatic carbocycles. The first-order valence-corrected chi connectivity index (χ1v) is 6.69. The minimum atomic E-state index is -1.12. The van der Waals surface area contributed by atoms with Crippen molar-refractivity contribution in [2.24, 2.45) is 0 Å².